The van der Waals surface area contributed by atoms with E-state index in [4.69, 9.17) is 0 Å². The van der Waals surface area contributed by atoms with Crippen molar-refractivity contribution in [1.29, 1.82) is 0 Å². The van der Waals surface area contributed by atoms with Crippen LogP contribution >= 0.6 is 51.8 Å². The van der Waals surface area contributed by atoms with E-state index in [9.17, 15) is 13.6 Å². The van der Waals surface area contributed by atoms with E-state index in [0.29, 0.717) is 5.69 Å². The molecule has 2 bridgehead atoms. The number of aryl methyl sites for hydroxylation is 2. The van der Waals surface area contributed by atoms with E-state index in [1.54, 1.807) is 15.9 Å². The van der Waals surface area contributed by atoms with Gasteiger partial charge < -0.3 is 4.90 Å². The van der Waals surface area contributed by atoms with Gasteiger partial charge in [0.15, 0.2) is 0 Å². The van der Waals surface area contributed by atoms with Crippen LogP contribution < -0.4 is 0 Å². The molecule has 2 saturated heterocycles. The average molecular weight is 520 g/mol. The van der Waals surface area contributed by atoms with E-state index < -0.39 is 6.43 Å². The lowest BCUT2D eigenvalue weighted by Gasteiger charge is -2.40. The van der Waals surface area contributed by atoms with Gasteiger partial charge >= 0.3 is 0 Å². The van der Waals surface area contributed by atoms with Gasteiger partial charge in [-0.1, -0.05) is 0 Å². The minimum Gasteiger partial charge on any atom is -0.332 e. The number of alkyl halides is 2. The summed E-state index contributed by atoms with van der Waals surface area (Å²) in [6.07, 6.45) is 2.17. The smallest absolute Gasteiger partial charge is 0.280 e. The Labute approximate surface area is 210 Å². The summed E-state index contributed by atoms with van der Waals surface area (Å²) < 4.78 is 28.4. The summed E-state index contributed by atoms with van der Waals surface area (Å²) >= 11 is 1.63. The number of thiophene rings is 1. The molecule has 5 rings (SSSR count). The topological polar surface area (TPSA) is 63.4 Å². The Balaban J connectivity index is 0.00000121. The monoisotopic (exact) mass is 519 g/mol. The van der Waals surface area contributed by atoms with Crippen LogP contribution in [0.25, 0.3) is 5.78 Å². The molecule has 1 amide bonds. The van der Waals surface area contributed by atoms with Crippen molar-refractivity contribution in [3.05, 3.63) is 45.2 Å². The first-order valence-electron chi connectivity index (χ1n) is 9.82. The van der Waals surface area contributed by atoms with E-state index in [1.807, 2.05) is 24.8 Å². The maximum Gasteiger partial charge on any atom is 0.280 e. The Kier molecular flexibility index (Phi) is 8.63. The Morgan fingerprint density at radius 3 is 2.50 bits per heavy atom. The van der Waals surface area contributed by atoms with Crippen LogP contribution in [0.1, 0.15) is 69.5 Å². The quantitative estimate of drug-likeness (QED) is 0.506. The lowest BCUT2D eigenvalue weighted by molar-refractivity contribution is 0.0553. The molecular weight excluding hydrogens is 493 g/mol. The number of carbonyl (C=O) groups excluding carboxylic acids is 1. The molecule has 32 heavy (non-hydrogen) atoms. The molecule has 0 radical (unpaired) electrons. The van der Waals surface area contributed by atoms with Gasteiger partial charge in [0, 0.05) is 27.8 Å². The summed E-state index contributed by atoms with van der Waals surface area (Å²) in [4.78, 5) is 25.5. The minimum atomic E-state index is -2.68. The fourth-order valence-electron chi connectivity index (χ4n) is 5.03. The number of hydrogen-bond donors (Lipinski definition) is 0. The number of halogens is 2. The van der Waals surface area contributed by atoms with Gasteiger partial charge in [0.25, 0.3) is 18.1 Å². The van der Waals surface area contributed by atoms with Gasteiger partial charge in [0.05, 0.1) is 11.3 Å². The molecule has 0 spiro atoms. The van der Waals surface area contributed by atoms with Crippen molar-refractivity contribution in [3.63, 3.8) is 0 Å². The number of aromatic nitrogens is 4. The lowest BCUT2D eigenvalue weighted by atomic mass is 9.86. The van der Waals surface area contributed by atoms with E-state index in [0.717, 1.165) is 41.0 Å². The fraction of sp³-hybridized carbons (Fsp3) is 0.500. The number of hydrogen-bond acceptors (Lipinski definition) is 5. The maximum absolute atomic E-state index is 13.4. The third-order valence-corrected chi connectivity index (χ3v) is 7.20. The largest absolute Gasteiger partial charge is 0.332 e. The van der Waals surface area contributed by atoms with Gasteiger partial charge in [-0.15, -0.1) is 11.3 Å². The second-order valence-corrected chi connectivity index (χ2v) is 9.36. The molecule has 176 valence electrons. The molecule has 2 aliphatic heterocycles. The van der Waals surface area contributed by atoms with Crippen molar-refractivity contribution < 1.29 is 13.6 Å². The Morgan fingerprint density at radius 1 is 1.12 bits per heavy atom. The number of fused-ring (bicyclic) bond motifs is 3. The van der Waals surface area contributed by atoms with E-state index >= 15 is 0 Å². The van der Waals surface area contributed by atoms with Crippen LogP contribution in [0.4, 0.5) is 8.78 Å². The van der Waals surface area contributed by atoms with Gasteiger partial charge in [-0.3, -0.25) is 4.79 Å². The van der Waals surface area contributed by atoms with Crippen LogP contribution in [0.3, 0.4) is 0 Å². The highest BCUT2D eigenvalue weighted by Crippen LogP contribution is 2.45. The second-order valence-electron chi connectivity index (χ2n) is 7.90. The van der Waals surface area contributed by atoms with Crippen molar-refractivity contribution in [3.8, 4) is 0 Å². The lowest BCUT2D eigenvalue weighted by Crippen LogP contribution is -2.47. The molecule has 2 fully saturated rings. The third kappa shape index (κ3) is 4.38. The summed E-state index contributed by atoms with van der Waals surface area (Å²) in [5, 5.41) is 4.22. The van der Waals surface area contributed by atoms with E-state index in [-0.39, 0.29) is 75.9 Å². The maximum atomic E-state index is 13.4. The first kappa shape index (κ1) is 26.9. The highest BCUT2D eigenvalue weighted by Gasteiger charge is 2.46. The SMILES string of the molecule is Cc1cc(C(=O)N2[C@H]3CC[C@H](c4cc(C(F)F)nc5ncnn45)[C@@H]2CC3)c(C)s1.S.S.S. The summed E-state index contributed by atoms with van der Waals surface area (Å²) in [5.41, 5.74) is 1.14. The number of amides is 1. The van der Waals surface area contributed by atoms with Crippen LogP contribution in [0.5, 0.6) is 0 Å². The van der Waals surface area contributed by atoms with Crippen molar-refractivity contribution >= 4 is 63.5 Å². The highest BCUT2D eigenvalue weighted by atomic mass is 32.1. The average Bonchev–Trinajstić information content (AvgIpc) is 3.37. The van der Waals surface area contributed by atoms with Crippen molar-refractivity contribution in [2.24, 2.45) is 0 Å². The molecular formula is C20H27F2N5OS4. The van der Waals surface area contributed by atoms with Crippen LogP contribution in [-0.2, 0) is 0 Å². The molecule has 3 aromatic rings. The normalized spacial score (nSPS) is 21.8. The van der Waals surface area contributed by atoms with Gasteiger partial charge in [-0.2, -0.15) is 50.6 Å². The number of carbonyl (C=O) groups is 1. The van der Waals surface area contributed by atoms with E-state index in [2.05, 4.69) is 15.1 Å². The predicted molar refractivity (Wildman–Crippen MR) is 136 cm³/mol. The summed E-state index contributed by atoms with van der Waals surface area (Å²) in [5.74, 6) is 0.171. The Morgan fingerprint density at radius 2 is 1.84 bits per heavy atom. The van der Waals surface area contributed by atoms with Crippen LogP contribution in [0.15, 0.2) is 18.5 Å². The predicted octanol–water partition coefficient (Wildman–Crippen LogP) is 4.63. The number of rotatable bonds is 3. The summed E-state index contributed by atoms with van der Waals surface area (Å²) in [7, 11) is 0. The van der Waals surface area contributed by atoms with Gasteiger partial charge in [0.1, 0.15) is 12.0 Å². The Bertz CT molecular complexity index is 1110. The van der Waals surface area contributed by atoms with Crippen molar-refractivity contribution in [2.75, 3.05) is 0 Å². The third-order valence-electron chi connectivity index (χ3n) is 6.23. The standard InChI is InChI=1S/C20H21F2N5OS.3H2S/c1-10-7-14(11(2)29-10)19(28)26-12-3-5-13(16(26)6-4-12)17-8-15(18(21)22)25-20-23-9-24-27(17)20;;;/h7-9,12-13,16,18H,3-6H2,1-2H3;3*1H2/t12-,13-,16-;;;/m0.../s1. The minimum absolute atomic E-state index is 0. The van der Waals surface area contributed by atoms with Gasteiger partial charge in [-0.05, 0) is 51.7 Å². The number of nitrogens with zero attached hydrogens (tertiary/aromatic N) is 5. The molecule has 5 heterocycles. The molecule has 0 N–H and O–H groups in total. The zero-order chi connectivity index (χ0) is 20.3. The van der Waals surface area contributed by atoms with Gasteiger partial charge in [0.2, 0.25) is 0 Å². The van der Waals surface area contributed by atoms with Crippen molar-refractivity contribution in [2.45, 2.75) is 64.0 Å². The molecule has 2 aliphatic rings. The molecule has 3 aromatic heterocycles. The highest BCUT2D eigenvalue weighted by molar-refractivity contribution is 7.59. The molecule has 0 unspecified atom stereocenters. The molecule has 6 nitrogen and oxygen atoms in total. The fourth-order valence-corrected chi connectivity index (χ4v) is 5.94. The molecule has 0 saturated carbocycles. The first-order chi connectivity index (χ1) is 13.9. The van der Waals surface area contributed by atoms with Crippen molar-refractivity contribution in [1.82, 2.24) is 24.5 Å². The zero-order valence-corrected chi connectivity index (χ0v) is 21.5. The van der Waals surface area contributed by atoms with Crippen LogP contribution in [0.2, 0.25) is 0 Å². The molecule has 3 atom stereocenters. The zero-order valence-electron chi connectivity index (χ0n) is 17.7. The van der Waals surface area contributed by atoms with Crippen LogP contribution in [0, 0.1) is 13.8 Å². The Hall–Kier alpha value is -1.37. The van der Waals surface area contributed by atoms with E-state index in [1.165, 1.54) is 12.4 Å². The molecule has 0 aliphatic carbocycles. The summed E-state index contributed by atoms with van der Waals surface area (Å²) in [6, 6.07) is 3.59. The number of piperidine rings is 1. The second kappa shape index (κ2) is 10.3. The van der Waals surface area contributed by atoms with Crippen LogP contribution in [-0.4, -0.2) is 42.5 Å². The summed E-state index contributed by atoms with van der Waals surface area (Å²) in [6.45, 7) is 3.98. The molecule has 12 heteroatoms. The molecule has 0 aromatic carbocycles. The van der Waals surface area contributed by atoms with Gasteiger partial charge in [-0.25, -0.2) is 18.3 Å². The first-order valence-corrected chi connectivity index (χ1v) is 10.6.